The molecule has 0 radical (unpaired) electrons. The number of ether oxygens (including phenoxy) is 1. The molecule has 1 N–H and O–H groups in total. The highest BCUT2D eigenvalue weighted by atomic mass is 16.5. The zero-order valence-electron chi connectivity index (χ0n) is 9.46. The van der Waals surface area contributed by atoms with E-state index in [1.165, 1.54) is 0 Å². The zero-order valence-corrected chi connectivity index (χ0v) is 9.46. The number of imidazole rings is 1. The van der Waals surface area contributed by atoms with Crippen LogP contribution in [0.25, 0.3) is 22.4 Å². The average molecular weight is 238 g/mol. The standard InChI is InChI=1S/C14H10N2O2/c17-9-18-11-7-5-10(6-8-11)14-15-12-3-1-2-4-13(12)16-14/h1-9H,(H,15,16). The first kappa shape index (κ1) is 10.5. The molecule has 3 rings (SSSR count). The highest BCUT2D eigenvalue weighted by molar-refractivity contribution is 5.79. The molecule has 0 unspecified atom stereocenters. The van der Waals surface area contributed by atoms with Crippen LogP contribution in [0.15, 0.2) is 48.5 Å². The predicted octanol–water partition coefficient (Wildman–Crippen LogP) is 2.77. The highest BCUT2D eigenvalue weighted by Crippen LogP contribution is 2.22. The van der Waals surface area contributed by atoms with Crippen LogP contribution in [0.3, 0.4) is 0 Å². The summed E-state index contributed by atoms with van der Waals surface area (Å²) < 4.78 is 4.74. The van der Waals surface area contributed by atoms with Crippen LogP contribution in [0.1, 0.15) is 0 Å². The first-order chi connectivity index (χ1) is 8.86. The molecular weight excluding hydrogens is 228 g/mol. The molecule has 1 heterocycles. The third-order valence-corrected chi connectivity index (χ3v) is 2.70. The Balaban J connectivity index is 2.00. The van der Waals surface area contributed by atoms with E-state index in [2.05, 4.69) is 9.97 Å². The Morgan fingerprint density at radius 2 is 1.83 bits per heavy atom. The Hall–Kier alpha value is -2.62. The fraction of sp³-hybridized carbons (Fsp3) is 0. The Labute approximate surface area is 103 Å². The summed E-state index contributed by atoms with van der Waals surface area (Å²) in [5.74, 6) is 1.32. The Morgan fingerprint density at radius 1 is 1.06 bits per heavy atom. The first-order valence-electron chi connectivity index (χ1n) is 5.52. The normalized spacial score (nSPS) is 10.4. The van der Waals surface area contributed by atoms with Gasteiger partial charge < -0.3 is 9.72 Å². The van der Waals surface area contributed by atoms with Gasteiger partial charge >= 0.3 is 0 Å². The van der Waals surface area contributed by atoms with Gasteiger partial charge in [-0.1, -0.05) is 12.1 Å². The van der Waals surface area contributed by atoms with E-state index in [4.69, 9.17) is 4.74 Å². The van der Waals surface area contributed by atoms with Crippen LogP contribution >= 0.6 is 0 Å². The van der Waals surface area contributed by atoms with Gasteiger partial charge in [0.1, 0.15) is 11.6 Å². The number of hydrogen-bond donors (Lipinski definition) is 1. The number of H-pyrrole nitrogens is 1. The molecular formula is C14H10N2O2. The minimum Gasteiger partial charge on any atom is -0.429 e. The molecule has 0 aliphatic rings. The van der Waals surface area contributed by atoms with Crippen LogP contribution < -0.4 is 4.74 Å². The van der Waals surface area contributed by atoms with E-state index < -0.39 is 0 Å². The second-order valence-corrected chi connectivity index (χ2v) is 3.84. The van der Waals surface area contributed by atoms with Gasteiger partial charge in [0.15, 0.2) is 0 Å². The smallest absolute Gasteiger partial charge is 0.298 e. The maximum Gasteiger partial charge on any atom is 0.298 e. The molecule has 4 heteroatoms. The van der Waals surface area contributed by atoms with Crippen molar-refractivity contribution < 1.29 is 9.53 Å². The van der Waals surface area contributed by atoms with Gasteiger partial charge in [0.25, 0.3) is 6.47 Å². The average Bonchev–Trinajstić information content (AvgIpc) is 2.84. The molecule has 0 saturated heterocycles. The van der Waals surface area contributed by atoms with Crippen molar-refractivity contribution in [1.82, 2.24) is 9.97 Å². The number of nitrogens with one attached hydrogen (secondary N) is 1. The maximum absolute atomic E-state index is 10.2. The number of hydrogen-bond acceptors (Lipinski definition) is 3. The van der Waals surface area contributed by atoms with Crippen molar-refractivity contribution in [2.75, 3.05) is 0 Å². The van der Waals surface area contributed by atoms with Crippen molar-refractivity contribution in [3.05, 3.63) is 48.5 Å². The van der Waals surface area contributed by atoms with E-state index in [0.717, 1.165) is 22.4 Å². The Morgan fingerprint density at radius 3 is 2.56 bits per heavy atom. The summed E-state index contributed by atoms with van der Waals surface area (Å²) in [6.07, 6.45) is 0. The van der Waals surface area contributed by atoms with Gasteiger partial charge in [-0.2, -0.15) is 0 Å². The minimum absolute atomic E-state index is 0.413. The van der Waals surface area contributed by atoms with E-state index >= 15 is 0 Å². The molecule has 2 aromatic carbocycles. The second-order valence-electron chi connectivity index (χ2n) is 3.84. The fourth-order valence-electron chi connectivity index (χ4n) is 1.84. The third kappa shape index (κ3) is 1.84. The first-order valence-corrected chi connectivity index (χ1v) is 5.52. The van der Waals surface area contributed by atoms with Gasteiger partial charge in [0.05, 0.1) is 11.0 Å². The monoisotopic (exact) mass is 238 g/mol. The number of benzene rings is 2. The maximum atomic E-state index is 10.2. The summed E-state index contributed by atoms with van der Waals surface area (Å²) in [6.45, 7) is 0.413. The summed E-state index contributed by atoms with van der Waals surface area (Å²) in [5, 5.41) is 0. The fourth-order valence-corrected chi connectivity index (χ4v) is 1.84. The molecule has 3 aromatic rings. The van der Waals surface area contributed by atoms with Crippen LogP contribution in [0.5, 0.6) is 5.75 Å². The number of rotatable bonds is 3. The molecule has 1 aromatic heterocycles. The summed E-state index contributed by atoms with van der Waals surface area (Å²) in [5.41, 5.74) is 2.88. The van der Waals surface area contributed by atoms with Crippen molar-refractivity contribution in [3.63, 3.8) is 0 Å². The summed E-state index contributed by atoms with van der Waals surface area (Å²) in [6, 6.07) is 15.0. The lowest BCUT2D eigenvalue weighted by Gasteiger charge is -1.99. The molecule has 0 spiro atoms. The Kier molecular flexibility index (Phi) is 2.53. The highest BCUT2D eigenvalue weighted by Gasteiger charge is 2.04. The quantitative estimate of drug-likeness (QED) is 0.714. The SMILES string of the molecule is O=COc1ccc(-c2nc3ccccc3[nH]2)cc1. The van der Waals surface area contributed by atoms with Crippen LogP contribution in [-0.4, -0.2) is 16.4 Å². The lowest BCUT2D eigenvalue weighted by molar-refractivity contribution is -0.120. The van der Waals surface area contributed by atoms with Crippen molar-refractivity contribution in [1.29, 1.82) is 0 Å². The topological polar surface area (TPSA) is 55.0 Å². The molecule has 0 saturated carbocycles. The van der Waals surface area contributed by atoms with E-state index in [-0.39, 0.29) is 0 Å². The van der Waals surface area contributed by atoms with Gasteiger partial charge in [-0.05, 0) is 36.4 Å². The van der Waals surface area contributed by atoms with E-state index in [9.17, 15) is 4.79 Å². The van der Waals surface area contributed by atoms with Gasteiger partial charge in [0.2, 0.25) is 0 Å². The number of carbonyl (C=O) groups is 1. The van der Waals surface area contributed by atoms with Crippen LogP contribution in [0, 0.1) is 0 Å². The van der Waals surface area contributed by atoms with E-state index in [1.54, 1.807) is 12.1 Å². The van der Waals surface area contributed by atoms with Crippen LogP contribution in [-0.2, 0) is 4.79 Å². The van der Waals surface area contributed by atoms with Crippen molar-refractivity contribution in [2.45, 2.75) is 0 Å². The summed E-state index contributed by atoms with van der Waals surface area (Å²) in [4.78, 5) is 17.9. The number of nitrogens with zero attached hydrogens (tertiary/aromatic N) is 1. The number of para-hydroxylation sites is 2. The second kappa shape index (κ2) is 4.33. The molecule has 0 aliphatic heterocycles. The molecule has 0 atom stereocenters. The van der Waals surface area contributed by atoms with Crippen molar-refractivity contribution in [3.8, 4) is 17.1 Å². The van der Waals surface area contributed by atoms with Gasteiger partial charge in [-0.3, -0.25) is 4.79 Å². The summed E-state index contributed by atoms with van der Waals surface area (Å²) in [7, 11) is 0. The van der Waals surface area contributed by atoms with Gasteiger partial charge in [-0.25, -0.2) is 4.98 Å². The lowest BCUT2D eigenvalue weighted by Crippen LogP contribution is -1.88. The van der Waals surface area contributed by atoms with Crippen LogP contribution in [0.4, 0.5) is 0 Å². The van der Waals surface area contributed by atoms with E-state index in [0.29, 0.717) is 12.2 Å². The molecule has 0 fully saturated rings. The molecule has 0 bridgehead atoms. The minimum atomic E-state index is 0.413. The molecule has 4 nitrogen and oxygen atoms in total. The van der Waals surface area contributed by atoms with Gasteiger partial charge in [0, 0.05) is 5.56 Å². The van der Waals surface area contributed by atoms with Crippen LogP contribution in [0.2, 0.25) is 0 Å². The van der Waals surface area contributed by atoms with Crippen molar-refractivity contribution in [2.24, 2.45) is 0 Å². The molecule has 0 aliphatic carbocycles. The van der Waals surface area contributed by atoms with Gasteiger partial charge in [-0.15, -0.1) is 0 Å². The number of aromatic nitrogens is 2. The number of carbonyl (C=O) groups excluding carboxylic acids is 1. The Bertz CT molecular complexity index is 653. The molecule has 88 valence electrons. The number of aromatic amines is 1. The zero-order chi connectivity index (χ0) is 12.4. The molecule has 0 amide bonds. The third-order valence-electron chi connectivity index (χ3n) is 2.70. The molecule has 18 heavy (non-hydrogen) atoms. The van der Waals surface area contributed by atoms with E-state index in [1.807, 2.05) is 36.4 Å². The van der Waals surface area contributed by atoms with Crippen molar-refractivity contribution >= 4 is 17.5 Å². The number of fused-ring (bicyclic) bond motifs is 1. The lowest BCUT2D eigenvalue weighted by atomic mass is 10.2. The predicted molar refractivity (Wildman–Crippen MR) is 68.2 cm³/mol. The summed E-state index contributed by atoms with van der Waals surface area (Å²) >= 11 is 0. The largest absolute Gasteiger partial charge is 0.429 e.